The topological polar surface area (TPSA) is 50.2 Å². The van der Waals surface area contributed by atoms with E-state index in [4.69, 9.17) is 0 Å². The highest BCUT2D eigenvalue weighted by atomic mass is 15.1. The standard InChI is InChI=1S/C10H16N4/c1-5-11-9-7(3)13-10(12-6-2)14-8(9)4/h5H,6H2,1-4H3,(H,12,13,14). The summed E-state index contributed by atoms with van der Waals surface area (Å²) in [6, 6.07) is 0. The Morgan fingerprint density at radius 1 is 1.29 bits per heavy atom. The zero-order chi connectivity index (χ0) is 10.6. The highest BCUT2D eigenvalue weighted by molar-refractivity contribution is 5.63. The number of rotatable bonds is 3. The van der Waals surface area contributed by atoms with E-state index in [0.29, 0.717) is 5.95 Å². The normalized spacial score (nSPS) is 10.9. The second-order valence-corrected chi connectivity index (χ2v) is 2.98. The molecule has 0 atom stereocenters. The predicted octanol–water partition coefficient (Wildman–Crippen LogP) is 2.25. The van der Waals surface area contributed by atoms with Crippen molar-refractivity contribution in [2.75, 3.05) is 11.9 Å². The maximum atomic E-state index is 4.31. The molecule has 1 rings (SSSR count). The third-order valence-electron chi connectivity index (χ3n) is 1.83. The molecule has 0 aromatic carbocycles. The smallest absolute Gasteiger partial charge is 0.223 e. The zero-order valence-corrected chi connectivity index (χ0v) is 9.13. The Balaban J connectivity index is 3.11. The lowest BCUT2D eigenvalue weighted by Crippen LogP contribution is -2.04. The Hall–Kier alpha value is -1.45. The van der Waals surface area contributed by atoms with E-state index in [2.05, 4.69) is 20.3 Å². The minimum Gasteiger partial charge on any atom is -0.354 e. The Kier molecular flexibility index (Phi) is 3.56. The van der Waals surface area contributed by atoms with Crippen LogP contribution in [0.3, 0.4) is 0 Å². The second-order valence-electron chi connectivity index (χ2n) is 2.98. The summed E-state index contributed by atoms with van der Waals surface area (Å²) in [6.07, 6.45) is 1.76. The third kappa shape index (κ3) is 2.28. The fraction of sp³-hybridized carbons (Fsp3) is 0.500. The molecule has 0 saturated carbocycles. The number of hydrogen-bond acceptors (Lipinski definition) is 4. The summed E-state index contributed by atoms with van der Waals surface area (Å²) in [5.74, 6) is 0.678. The molecule has 0 bridgehead atoms. The van der Waals surface area contributed by atoms with Crippen LogP contribution in [0, 0.1) is 13.8 Å². The van der Waals surface area contributed by atoms with Crippen LogP contribution in [0.25, 0.3) is 0 Å². The van der Waals surface area contributed by atoms with Crippen molar-refractivity contribution in [2.24, 2.45) is 4.99 Å². The van der Waals surface area contributed by atoms with Gasteiger partial charge in [0.25, 0.3) is 0 Å². The molecule has 1 N–H and O–H groups in total. The van der Waals surface area contributed by atoms with Gasteiger partial charge in [-0.25, -0.2) is 9.97 Å². The van der Waals surface area contributed by atoms with Crippen molar-refractivity contribution in [1.82, 2.24) is 9.97 Å². The van der Waals surface area contributed by atoms with Crippen LogP contribution >= 0.6 is 0 Å². The van der Waals surface area contributed by atoms with Crippen LogP contribution in [-0.2, 0) is 0 Å². The fourth-order valence-electron chi connectivity index (χ4n) is 1.26. The van der Waals surface area contributed by atoms with Crippen LogP contribution < -0.4 is 5.32 Å². The molecule has 4 heteroatoms. The minimum absolute atomic E-state index is 0.678. The molecular formula is C10H16N4. The molecule has 0 amide bonds. The molecule has 1 aromatic heterocycles. The summed E-state index contributed by atoms with van der Waals surface area (Å²) < 4.78 is 0. The highest BCUT2D eigenvalue weighted by Crippen LogP contribution is 2.21. The van der Waals surface area contributed by atoms with Crippen molar-refractivity contribution in [3.8, 4) is 0 Å². The molecule has 1 heterocycles. The van der Waals surface area contributed by atoms with E-state index in [1.807, 2.05) is 27.7 Å². The van der Waals surface area contributed by atoms with Gasteiger partial charge in [0.2, 0.25) is 5.95 Å². The summed E-state index contributed by atoms with van der Waals surface area (Å²) in [7, 11) is 0. The minimum atomic E-state index is 0.678. The monoisotopic (exact) mass is 192 g/mol. The number of hydrogen-bond donors (Lipinski definition) is 1. The fourth-order valence-corrected chi connectivity index (χ4v) is 1.26. The molecular weight excluding hydrogens is 176 g/mol. The van der Waals surface area contributed by atoms with Crippen LogP contribution in [0.1, 0.15) is 25.2 Å². The SMILES string of the molecule is CC=Nc1c(C)nc(NCC)nc1C. The van der Waals surface area contributed by atoms with E-state index in [9.17, 15) is 0 Å². The first-order valence-corrected chi connectivity index (χ1v) is 4.76. The largest absolute Gasteiger partial charge is 0.354 e. The van der Waals surface area contributed by atoms with Crippen LogP contribution in [0.4, 0.5) is 11.6 Å². The molecule has 1 aromatic rings. The van der Waals surface area contributed by atoms with Gasteiger partial charge in [0, 0.05) is 12.8 Å². The molecule has 4 nitrogen and oxygen atoms in total. The lowest BCUT2D eigenvalue weighted by Gasteiger charge is -2.07. The van der Waals surface area contributed by atoms with Gasteiger partial charge in [-0.3, -0.25) is 4.99 Å². The molecule has 0 radical (unpaired) electrons. The van der Waals surface area contributed by atoms with E-state index < -0.39 is 0 Å². The third-order valence-corrected chi connectivity index (χ3v) is 1.83. The van der Waals surface area contributed by atoms with Gasteiger partial charge in [-0.1, -0.05) is 0 Å². The van der Waals surface area contributed by atoms with Gasteiger partial charge in [-0.05, 0) is 27.7 Å². The number of anilines is 1. The Labute approximate surface area is 84.5 Å². The maximum absolute atomic E-state index is 4.31. The van der Waals surface area contributed by atoms with Crippen molar-refractivity contribution in [3.05, 3.63) is 11.4 Å². The summed E-state index contributed by atoms with van der Waals surface area (Å²) in [6.45, 7) is 8.62. The Bertz CT molecular complexity index is 321. The predicted molar refractivity (Wildman–Crippen MR) is 59.5 cm³/mol. The van der Waals surface area contributed by atoms with Crippen molar-refractivity contribution in [1.29, 1.82) is 0 Å². The van der Waals surface area contributed by atoms with E-state index in [-0.39, 0.29) is 0 Å². The van der Waals surface area contributed by atoms with Crippen LogP contribution in [0.2, 0.25) is 0 Å². The van der Waals surface area contributed by atoms with Gasteiger partial charge in [-0.2, -0.15) is 0 Å². The highest BCUT2D eigenvalue weighted by Gasteiger charge is 2.05. The summed E-state index contributed by atoms with van der Waals surface area (Å²) in [5.41, 5.74) is 2.69. The molecule has 14 heavy (non-hydrogen) atoms. The van der Waals surface area contributed by atoms with Crippen LogP contribution in [0.5, 0.6) is 0 Å². The van der Waals surface area contributed by atoms with E-state index in [0.717, 1.165) is 23.6 Å². The summed E-state index contributed by atoms with van der Waals surface area (Å²) >= 11 is 0. The first-order chi connectivity index (χ1) is 6.69. The first kappa shape index (κ1) is 10.6. The van der Waals surface area contributed by atoms with E-state index in [1.54, 1.807) is 6.21 Å². The first-order valence-electron chi connectivity index (χ1n) is 4.76. The molecule has 0 unspecified atom stereocenters. The molecule has 0 aliphatic rings. The number of nitrogens with zero attached hydrogens (tertiary/aromatic N) is 3. The Morgan fingerprint density at radius 3 is 2.29 bits per heavy atom. The number of aliphatic imine (C=N–C) groups is 1. The second kappa shape index (κ2) is 4.69. The summed E-state index contributed by atoms with van der Waals surface area (Å²) in [5, 5.41) is 3.08. The molecule has 76 valence electrons. The van der Waals surface area contributed by atoms with E-state index >= 15 is 0 Å². The Morgan fingerprint density at radius 2 is 1.86 bits per heavy atom. The average molecular weight is 192 g/mol. The van der Waals surface area contributed by atoms with Crippen molar-refractivity contribution in [3.63, 3.8) is 0 Å². The van der Waals surface area contributed by atoms with Crippen molar-refractivity contribution < 1.29 is 0 Å². The van der Waals surface area contributed by atoms with Crippen LogP contribution in [0.15, 0.2) is 4.99 Å². The quantitative estimate of drug-likeness (QED) is 0.747. The van der Waals surface area contributed by atoms with Crippen molar-refractivity contribution >= 4 is 17.9 Å². The van der Waals surface area contributed by atoms with Gasteiger partial charge in [-0.15, -0.1) is 0 Å². The van der Waals surface area contributed by atoms with Gasteiger partial charge >= 0.3 is 0 Å². The number of aromatic nitrogens is 2. The molecule has 0 fully saturated rings. The maximum Gasteiger partial charge on any atom is 0.223 e. The average Bonchev–Trinajstić information content (AvgIpc) is 2.12. The lowest BCUT2D eigenvalue weighted by atomic mass is 10.3. The molecule has 0 spiro atoms. The summed E-state index contributed by atoms with van der Waals surface area (Å²) in [4.78, 5) is 12.8. The van der Waals surface area contributed by atoms with Gasteiger partial charge in [0.05, 0.1) is 11.4 Å². The number of nitrogens with one attached hydrogen (secondary N) is 1. The van der Waals surface area contributed by atoms with Gasteiger partial charge < -0.3 is 5.32 Å². The molecule has 0 aliphatic heterocycles. The zero-order valence-electron chi connectivity index (χ0n) is 9.13. The van der Waals surface area contributed by atoms with E-state index in [1.165, 1.54) is 0 Å². The number of aryl methyl sites for hydroxylation is 2. The molecule has 0 saturated heterocycles. The van der Waals surface area contributed by atoms with Crippen LogP contribution in [-0.4, -0.2) is 22.7 Å². The van der Waals surface area contributed by atoms with Gasteiger partial charge in [0.1, 0.15) is 5.69 Å². The van der Waals surface area contributed by atoms with Crippen molar-refractivity contribution in [2.45, 2.75) is 27.7 Å². The molecule has 0 aliphatic carbocycles. The lowest BCUT2D eigenvalue weighted by molar-refractivity contribution is 1.02. The van der Waals surface area contributed by atoms with Gasteiger partial charge in [0.15, 0.2) is 0 Å².